The number of ether oxygens (including phenoxy) is 1. The van der Waals surface area contributed by atoms with Crippen LogP contribution in [0, 0.1) is 0 Å². The molecule has 0 aromatic heterocycles. The molecule has 0 spiro atoms. The van der Waals surface area contributed by atoms with Crippen molar-refractivity contribution in [3.05, 3.63) is 71.8 Å². The summed E-state index contributed by atoms with van der Waals surface area (Å²) in [6, 6.07) is 13.9. The summed E-state index contributed by atoms with van der Waals surface area (Å²) in [7, 11) is 1.52. The van der Waals surface area contributed by atoms with Crippen LogP contribution in [0.1, 0.15) is 37.3 Å². The minimum Gasteiger partial charge on any atom is -0.480 e. The smallest absolute Gasteiger partial charge is 0.325 e. The molecule has 206 valence electrons. The minimum absolute atomic E-state index is 0.0612. The Kier molecular flexibility index (Phi) is 12.6. The first-order chi connectivity index (χ1) is 18.1. The fraction of sp³-hybridized carbons (Fsp3) is 0.429. The summed E-state index contributed by atoms with van der Waals surface area (Å²) >= 11 is 0. The summed E-state index contributed by atoms with van der Waals surface area (Å²) in [5.41, 5.74) is 7.67. The van der Waals surface area contributed by atoms with E-state index in [4.69, 9.17) is 10.5 Å². The van der Waals surface area contributed by atoms with E-state index >= 15 is 0 Å². The molecule has 0 saturated carbocycles. The molecule has 0 saturated heterocycles. The lowest BCUT2D eigenvalue weighted by atomic mass is 9.99. The Bertz CT molecular complexity index is 1050. The number of nitrogens with two attached hydrogens (primary N) is 1. The third-order valence-corrected chi connectivity index (χ3v) is 6.03. The lowest BCUT2D eigenvalue weighted by molar-refractivity contribution is -0.154. The number of rotatable bonds is 15. The molecule has 0 unspecified atom stereocenters. The van der Waals surface area contributed by atoms with E-state index in [2.05, 4.69) is 5.32 Å². The van der Waals surface area contributed by atoms with Gasteiger partial charge >= 0.3 is 5.97 Å². The quantitative estimate of drug-likeness (QED) is 0.252. The molecule has 0 radical (unpaired) electrons. The van der Waals surface area contributed by atoms with Gasteiger partial charge in [-0.1, -0.05) is 60.7 Å². The number of carbonyl (C=O) groups is 4. The highest BCUT2D eigenvalue weighted by molar-refractivity contribution is 6.03. The number of benzene rings is 2. The summed E-state index contributed by atoms with van der Waals surface area (Å²) in [5.74, 6) is -3.65. The molecular weight excluding hydrogens is 490 g/mol. The van der Waals surface area contributed by atoms with Crippen molar-refractivity contribution in [2.45, 2.75) is 63.3 Å². The molecule has 0 aliphatic rings. The van der Waals surface area contributed by atoms with Gasteiger partial charge in [0, 0.05) is 20.1 Å². The molecule has 0 heterocycles. The summed E-state index contributed by atoms with van der Waals surface area (Å²) in [6.07, 6.45) is -0.684. The molecule has 0 aliphatic heterocycles. The van der Waals surface area contributed by atoms with Crippen molar-refractivity contribution in [1.29, 1.82) is 0 Å². The maximum atomic E-state index is 13.7. The van der Waals surface area contributed by atoms with Crippen molar-refractivity contribution in [1.82, 2.24) is 10.2 Å². The first kappa shape index (κ1) is 30.6. The van der Waals surface area contributed by atoms with Crippen molar-refractivity contribution >= 4 is 23.7 Å². The molecule has 3 amide bonds. The number of methoxy groups -OCH3 is 1. The van der Waals surface area contributed by atoms with E-state index in [9.17, 15) is 29.4 Å². The number of aliphatic carboxylic acids is 1. The van der Waals surface area contributed by atoms with Crippen LogP contribution in [0.3, 0.4) is 0 Å². The molecule has 5 N–H and O–H groups in total. The van der Waals surface area contributed by atoms with Crippen molar-refractivity contribution in [2.75, 3.05) is 13.7 Å². The van der Waals surface area contributed by atoms with E-state index in [1.54, 1.807) is 54.6 Å². The van der Waals surface area contributed by atoms with Crippen LogP contribution in [0.25, 0.3) is 0 Å². The first-order valence-corrected chi connectivity index (χ1v) is 12.5. The van der Waals surface area contributed by atoms with Gasteiger partial charge in [-0.15, -0.1) is 0 Å². The highest BCUT2D eigenvalue weighted by Gasteiger charge is 2.38. The molecule has 2 rings (SSSR count). The normalized spacial score (nSPS) is 14.1. The van der Waals surface area contributed by atoms with Crippen molar-refractivity contribution in [2.24, 2.45) is 5.73 Å². The zero-order chi connectivity index (χ0) is 28.1. The van der Waals surface area contributed by atoms with Crippen LogP contribution in [-0.2, 0) is 36.8 Å². The number of nitrogens with one attached hydrogen (secondary N) is 1. The van der Waals surface area contributed by atoms with E-state index in [1.807, 2.05) is 6.07 Å². The van der Waals surface area contributed by atoms with Gasteiger partial charge in [0.1, 0.15) is 12.1 Å². The molecule has 0 bridgehead atoms. The third-order valence-electron chi connectivity index (χ3n) is 6.03. The second kappa shape index (κ2) is 15.6. The fourth-order valence-electron chi connectivity index (χ4n) is 3.96. The highest BCUT2D eigenvalue weighted by atomic mass is 16.5. The maximum Gasteiger partial charge on any atom is 0.325 e. The van der Waals surface area contributed by atoms with Crippen LogP contribution in [0.15, 0.2) is 60.7 Å². The fourth-order valence-corrected chi connectivity index (χ4v) is 3.96. The van der Waals surface area contributed by atoms with E-state index < -0.39 is 54.3 Å². The monoisotopic (exact) mass is 527 g/mol. The molecule has 10 nitrogen and oxygen atoms in total. The topological polar surface area (TPSA) is 159 Å². The van der Waals surface area contributed by atoms with Gasteiger partial charge in [-0.25, -0.2) is 0 Å². The Morgan fingerprint density at radius 2 is 1.53 bits per heavy atom. The molecule has 10 heteroatoms. The van der Waals surface area contributed by atoms with Crippen molar-refractivity contribution in [3.63, 3.8) is 0 Å². The Morgan fingerprint density at radius 1 is 0.974 bits per heavy atom. The van der Waals surface area contributed by atoms with Crippen LogP contribution >= 0.6 is 0 Å². The van der Waals surface area contributed by atoms with Crippen LogP contribution in [0.5, 0.6) is 0 Å². The zero-order valence-electron chi connectivity index (χ0n) is 21.8. The number of hydrogen-bond acceptors (Lipinski definition) is 7. The maximum absolute atomic E-state index is 13.7. The van der Waals surface area contributed by atoms with Gasteiger partial charge in [0.2, 0.25) is 17.7 Å². The molecule has 2 aromatic carbocycles. The Morgan fingerprint density at radius 3 is 2.05 bits per heavy atom. The number of nitrogens with zero attached hydrogens (tertiary/aromatic N) is 1. The van der Waals surface area contributed by atoms with Gasteiger partial charge in [0.05, 0.1) is 18.6 Å². The first-order valence-electron chi connectivity index (χ1n) is 12.5. The zero-order valence-corrected chi connectivity index (χ0v) is 21.8. The average Bonchev–Trinajstić information content (AvgIpc) is 2.89. The van der Waals surface area contributed by atoms with Crippen LogP contribution < -0.4 is 11.1 Å². The molecule has 0 aliphatic carbocycles. The van der Waals surface area contributed by atoms with Gasteiger partial charge in [-0.3, -0.25) is 24.1 Å². The Hall–Kier alpha value is -3.60. The van der Waals surface area contributed by atoms with Gasteiger partial charge < -0.3 is 26.0 Å². The third kappa shape index (κ3) is 9.70. The van der Waals surface area contributed by atoms with Crippen molar-refractivity contribution in [3.8, 4) is 0 Å². The van der Waals surface area contributed by atoms with E-state index in [0.717, 1.165) is 10.5 Å². The lowest BCUT2D eigenvalue weighted by Gasteiger charge is -2.32. The standard InChI is InChI=1S/C28H37N3O7/c1-19(28(36)37)30-26(34)24(17-21-12-7-4-8-13-21)31(25(33)18-22(32)14-9-15-38-2)27(35)23(29)16-20-10-5-3-6-11-20/h3-8,10-13,19,22-24,32H,9,14-18,29H2,1-2H3,(H,30,34)(H,36,37)/t19-,22-,23-,24-/m1/s1. The van der Waals surface area contributed by atoms with E-state index in [1.165, 1.54) is 14.0 Å². The summed E-state index contributed by atoms with van der Waals surface area (Å²) in [6.45, 7) is 1.68. The SMILES string of the molecule is COCCC[C@@H](O)CC(=O)N(C(=O)[C@H](N)Cc1ccccc1)[C@H](Cc1ccccc1)C(=O)N[C@H](C)C(=O)O. The van der Waals surface area contributed by atoms with Crippen molar-refractivity contribution < 1.29 is 34.1 Å². The largest absolute Gasteiger partial charge is 0.480 e. The molecule has 4 atom stereocenters. The summed E-state index contributed by atoms with van der Waals surface area (Å²) < 4.78 is 4.99. The molecule has 38 heavy (non-hydrogen) atoms. The summed E-state index contributed by atoms with van der Waals surface area (Å²) in [5, 5.41) is 22.1. The molecule has 0 fully saturated rings. The second-order valence-electron chi connectivity index (χ2n) is 9.17. The number of carbonyl (C=O) groups excluding carboxylic acids is 3. The molecular formula is C28H37N3O7. The van der Waals surface area contributed by atoms with E-state index in [0.29, 0.717) is 18.6 Å². The van der Waals surface area contributed by atoms with Crippen LogP contribution in [0.4, 0.5) is 0 Å². The average molecular weight is 528 g/mol. The Labute approximate surface area is 222 Å². The number of carboxylic acids is 1. The van der Waals surface area contributed by atoms with Crippen LogP contribution in [0.2, 0.25) is 0 Å². The number of aliphatic hydroxyl groups is 1. The number of hydrogen-bond donors (Lipinski definition) is 4. The minimum atomic E-state index is -1.38. The van der Waals surface area contributed by atoms with Gasteiger partial charge in [0.15, 0.2) is 0 Å². The number of aliphatic hydroxyl groups excluding tert-OH is 1. The second-order valence-corrected chi connectivity index (χ2v) is 9.17. The highest BCUT2D eigenvalue weighted by Crippen LogP contribution is 2.17. The number of amides is 3. The van der Waals surface area contributed by atoms with E-state index in [-0.39, 0.29) is 19.3 Å². The van der Waals surface area contributed by atoms with Gasteiger partial charge in [-0.2, -0.15) is 0 Å². The van der Waals surface area contributed by atoms with Gasteiger partial charge in [-0.05, 0) is 37.3 Å². The predicted octanol–water partition coefficient (Wildman–Crippen LogP) is 1.29. The van der Waals surface area contributed by atoms with Gasteiger partial charge in [0.25, 0.3) is 0 Å². The summed E-state index contributed by atoms with van der Waals surface area (Å²) in [4.78, 5) is 52.7. The number of imide groups is 1. The number of carboxylic acid groups (broad SMARTS) is 1. The molecule has 2 aromatic rings. The Balaban J connectivity index is 2.42. The predicted molar refractivity (Wildman–Crippen MR) is 141 cm³/mol. The lowest BCUT2D eigenvalue weighted by Crippen LogP contribution is -2.59. The van der Waals surface area contributed by atoms with Crippen LogP contribution in [-0.4, -0.2) is 76.7 Å².